The largest absolute Gasteiger partial charge is 0.381 e. The van der Waals surface area contributed by atoms with Crippen LogP contribution in [0.3, 0.4) is 0 Å². The first-order valence-corrected chi connectivity index (χ1v) is 9.92. The second-order valence-corrected chi connectivity index (χ2v) is 7.63. The predicted octanol–water partition coefficient (Wildman–Crippen LogP) is 2.20. The molecule has 0 bridgehead atoms. The molecule has 0 aliphatic carbocycles. The summed E-state index contributed by atoms with van der Waals surface area (Å²) < 4.78 is 16.4. The molecule has 0 spiro atoms. The highest BCUT2D eigenvalue weighted by Crippen LogP contribution is 2.31. The maximum Gasteiger partial charge on any atom is 0.273 e. The van der Waals surface area contributed by atoms with E-state index >= 15 is 0 Å². The molecule has 1 aromatic carbocycles. The lowest BCUT2D eigenvalue weighted by Gasteiger charge is -2.42. The highest BCUT2D eigenvalue weighted by molar-refractivity contribution is 5.93. The van der Waals surface area contributed by atoms with Gasteiger partial charge in [0.25, 0.3) is 5.91 Å². The van der Waals surface area contributed by atoms with Crippen LogP contribution in [-0.2, 0) is 9.47 Å². The molecule has 150 valence electrons. The van der Waals surface area contributed by atoms with Crippen molar-refractivity contribution in [3.05, 3.63) is 42.1 Å². The minimum Gasteiger partial charge on any atom is -0.381 e. The molecule has 0 saturated carbocycles. The van der Waals surface area contributed by atoms with Crippen LogP contribution in [0.4, 0.5) is 0 Å². The van der Waals surface area contributed by atoms with Gasteiger partial charge in [0.2, 0.25) is 0 Å². The van der Waals surface area contributed by atoms with Crippen LogP contribution in [0, 0.1) is 5.41 Å². The van der Waals surface area contributed by atoms with Gasteiger partial charge in [-0.05, 0) is 12.8 Å². The van der Waals surface area contributed by atoms with E-state index in [1.54, 1.807) is 6.07 Å². The van der Waals surface area contributed by atoms with E-state index in [1.165, 1.54) is 0 Å². The number of carbonyl (C=O) groups is 1. The van der Waals surface area contributed by atoms with Crippen molar-refractivity contribution in [2.24, 2.45) is 5.41 Å². The topological polar surface area (TPSA) is 76.8 Å². The normalized spacial score (nSPS) is 20.0. The van der Waals surface area contributed by atoms with Crippen molar-refractivity contribution in [3.8, 4) is 11.3 Å². The molecule has 7 nitrogen and oxygen atoms in total. The van der Waals surface area contributed by atoms with Gasteiger partial charge in [0.1, 0.15) is 0 Å². The molecule has 1 amide bonds. The number of amides is 1. The maximum absolute atomic E-state index is 12.7. The third-order valence-corrected chi connectivity index (χ3v) is 5.64. The average Bonchev–Trinajstić information content (AvgIpc) is 3.25. The van der Waals surface area contributed by atoms with Gasteiger partial charge in [0.05, 0.1) is 13.2 Å². The number of nitrogens with one attached hydrogen (secondary N) is 1. The first-order chi connectivity index (χ1) is 13.7. The van der Waals surface area contributed by atoms with E-state index in [2.05, 4.69) is 15.4 Å². The predicted molar refractivity (Wildman–Crippen MR) is 104 cm³/mol. The Labute approximate surface area is 165 Å². The van der Waals surface area contributed by atoms with Crippen LogP contribution in [-0.4, -0.2) is 68.6 Å². The second-order valence-electron chi connectivity index (χ2n) is 7.63. The van der Waals surface area contributed by atoms with Crippen molar-refractivity contribution in [2.45, 2.75) is 12.8 Å². The average molecular weight is 385 g/mol. The minimum absolute atomic E-state index is 0.0250. The molecular weight excluding hydrogens is 358 g/mol. The third kappa shape index (κ3) is 4.60. The Morgan fingerprint density at radius 2 is 1.79 bits per heavy atom. The number of ether oxygens (including phenoxy) is 2. The molecule has 3 heterocycles. The summed E-state index contributed by atoms with van der Waals surface area (Å²) in [5.74, 6) is 0.402. The Morgan fingerprint density at radius 1 is 1.07 bits per heavy atom. The van der Waals surface area contributed by atoms with Gasteiger partial charge in [-0.25, -0.2) is 0 Å². The molecule has 2 aromatic rings. The van der Waals surface area contributed by atoms with Crippen LogP contribution in [0.1, 0.15) is 23.3 Å². The fourth-order valence-electron chi connectivity index (χ4n) is 3.91. The number of rotatable bonds is 6. The first kappa shape index (κ1) is 19.1. The van der Waals surface area contributed by atoms with E-state index in [0.717, 1.165) is 64.5 Å². The standard InChI is InChI=1S/C21H27N3O4/c25-20(18-14-19(28-23-18)17-4-2-1-3-5-17)22-15-21(6-10-26-11-7-21)16-24-8-12-27-13-9-24/h1-5,14H,6-13,15-16H2,(H,22,25). The summed E-state index contributed by atoms with van der Waals surface area (Å²) in [4.78, 5) is 15.1. The van der Waals surface area contributed by atoms with Crippen LogP contribution in [0.25, 0.3) is 11.3 Å². The van der Waals surface area contributed by atoms with E-state index in [9.17, 15) is 4.79 Å². The number of nitrogens with zero attached hydrogens (tertiary/aromatic N) is 2. The lowest BCUT2D eigenvalue weighted by Crippen LogP contribution is -2.50. The fraction of sp³-hybridized carbons (Fsp3) is 0.524. The summed E-state index contributed by atoms with van der Waals surface area (Å²) in [5, 5.41) is 7.04. The van der Waals surface area contributed by atoms with E-state index in [4.69, 9.17) is 14.0 Å². The Balaban J connectivity index is 1.39. The highest BCUT2D eigenvalue weighted by Gasteiger charge is 2.35. The highest BCUT2D eigenvalue weighted by atomic mass is 16.5. The van der Waals surface area contributed by atoms with Gasteiger partial charge in [0, 0.05) is 56.4 Å². The molecule has 1 aromatic heterocycles. The fourth-order valence-corrected chi connectivity index (χ4v) is 3.91. The Bertz CT molecular complexity index is 765. The maximum atomic E-state index is 12.7. The van der Waals surface area contributed by atoms with Gasteiger partial charge in [-0.15, -0.1) is 0 Å². The molecule has 28 heavy (non-hydrogen) atoms. The molecule has 0 unspecified atom stereocenters. The molecule has 0 radical (unpaired) electrons. The number of hydrogen-bond acceptors (Lipinski definition) is 6. The minimum atomic E-state index is -0.196. The SMILES string of the molecule is O=C(NCC1(CN2CCOCC2)CCOCC1)c1cc(-c2ccccc2)on1. The number of benzene rings is 1. The van der Waals surface area contributed by atoms with Gasteiger partial charge in [-0.2, -0.15) is 0 Å². The molecule has 2 fully saturated rings. The van der Waals surface area contributed by atoms with Gasteiger partial charge in [-0.1, -0.05) is 35.5 Å². The van der Waals surface area contributed by atoms with Crippen LogP contribution >= 0.6 is 0 Å². The molecule has 1 N–H and O–H groups in total. The van der Waals surface area contributed by atoms with E-state index in [1.807, 2.05) is 30.3 Å². The van der Waals surface area contributed by atoms with Crippen LogP contribution in [0.5, 0.6) is 0 Å². The number of carbonyl (C=O) groups excluding carboxylic acids is 1. The lowest BCUT2D eigenvalue weighted by atomic mass is 9.79. The zero-order valence-electron chi connectivity index (χ0n) is 16.1. The second kappa shape index (κ2) is 8.86. The quantitative estimate of drug-likeness (QED) is 0.822. The van der Waals surface area contributed by atoms with Crippen molar-refractivity contribution in [1.29, 1.82) is 0 Å². The number of aromatic nitrogens is 1. The van der Waals surface area contributed by atoms with Crippen LogP contribution in [0.15, 0.2) is 40.9 Å². The van der Waals surface area contributed by atoms with Crippen LogP contribution in [0.2, 0.25) is 0 Å². The number of hydrogen-bond donors (Lipinski definition) is 1. The van der Waals surface area contributed by atoms with Gasteiger partial charge >= 0.3 is 0 Å². The summed E-state index contributed by atoms with van der Waals surface area (Å²) in [6.45, 7) is 6.49. The van der Waals surface area contributed by atoms with E-state index < -0.39 is 0 Å². The van der Waals surface area contributed by atoms with Gasteiger partial charge in [0.15, 0.2) is 11.5 Å². The van der Waals surface area contributed by atoms with Crippen molar-refractivity contribution < 1.29 is 18.8 Å². The summed E-state index contributed by atoms with van der Waals surface area (Å²) >= 11 is 0. The van der Waals surface area contributed by atoms with E-state index in [0.29, 0.717) is 18.0 Å². The Kier molecular flexibility index (Phi) is 6.04. The Morgan fingerprint density at radius 3 is 2.54 bits per heavy atom. The van der Waals surface area contributed by atoms with Gasteiger partial charge < -0.3 is 19.3 Å². The molecule has 0 atom stereocenters. The summed E-state index contributed by atoms with van der Waals surface area (Å²) in [6, 6.07) is 11.4. The number of morpholine rings is 1. The molecule has 2 aliphatic rings. The zero-order chi connectivity index (χ0) is 19.2. The first-order valence-electron chi connectivity index (χ1n) is 9.92. The van der Waals surface area contributed by atoms with E-state index in [-0.39, 0.29) is 11.3 Å². The molecule has 7 heteroatoms. The summed E-state index contributed by atoms with van der Waals surface area (Å²) in [6.07, 6.45) is 1.89. The zero-order valence-corrected chi connectivity index (χ0v) is 16.1. The lowest BCUT2D eigenvalue weighted by molar-refractivity contribution is -0.0283. The third-order valence-electron chi connectivity index (χ3n) is 5.64. The van der Waals surface area contributed by atoms with Crippen molar-refractivity contribution in [3.63, 3.8) is 0 Å². The smallest absolute Gasteiger partial charge is 0.273 e. The molecule has 4 rings (SSSR count). The van der Waals surface area contributed by atoms with Crippen molar-refractivity contribution in [2.75, 3.05) is 52.6 Å². The van der Waals surface area contributed by atoms with Crippen LogP contribution < -0.4 is 5.32 Å². The van der Waals surface area contributed by atoms with Gasteiger partial charge in [-0.3, -0.25) is 9.69 Å². The summed E-state index contributed by atoms with van der Waals surface area (Å²) in [7, 11) is 0. The van der Waals surface area contributed by atoms with Crippen molar-refractivity contribution in [1.82, 2.24) is 15.4 Å². The molecular formula is C21H27N3O4. The Hall–Kier alpha value is -2.22. The monoisotopic (exact) mass is 385 g/mol. The summed E-state index contributed by atoms with van der Waals surface area (Å²) in [5.41, 5.74) is 1.24. The van der Waals surface area contributed by atoms with Crippen molar-refractivity contribution >= 4 is 5.91 Å². The molecule has 2 aliphatic heterocycles. The molecule has 2 saturated heterocycles.